The molecule has 0 amide bonds. The number of hydrogen-bond acceptors (Lipinski definition) is 12. The van der Waals surface area contributed by atoms with E-state index in [9.17, 15) is 19.2 Å². The fourth-order valence-electron chi connectivity index (χ4n) is 2.74. The maximum atomic E-state index is 12.5. The minimum Gasteiger partial charge on any atom is -0.458 e. The lowest BCUT2D eigenvalue weighted by atomic mass is 10.1. The molecule has 0 saturated carbocycles. The lowest BCUT2D eigenvalue weighted by Gasteiger charge is -2.23. The third kappa shape index (κ3) is 13.0. The Hall–Kier alpha value is -3.54. The van der Waals surface area contributed by atoms with Gasteiger partial charge in [-0.3, -0.25) is 4.79 Å². The van der Waals surface area contributed by atoms with Crippen molar-refractivity contribution in [1.82, 2.24) is 0 Å². The Morgan fingerprint density at radius 3 is 1.88 bits per heavy atom. The molecule has 0 heterocycles. The van der Waals surface area contributed by atoms with Gasteiger partial charge in [-0.05, 0) is 78.0 Å². The van der Waals surface area contributed by atoms with Crippen LogP contribution in [-0.2, 0) is 34.9 Å². The van der Waals surface area contributed by atoms with Gasteiger partial charge >= 0.3 is 24.4 Å². The summed E-state index contributed by atoms with van der Waals surface area (Å²) in [5, 5.41) is 0. The standard InChI is InChI=1S/C28H43NO11/c1-9-17(4)36-26(32)38-22-13-12-20(15-23(22)39-27(33)37-18(5)10-2)14-21(29)24(30)35-19(6)16-34-25(31)40-28(7,8)11-3/h12-13,15,17-19,21H,9-11,14,16,29H2,1-8H3/t17?,18?,19-,21-/m0/s1. The van der Waals surface area contributed by atoms with Crippen molar-refractivity contribution in [2.75, 3.05) is 6.61 Å². The van der Waals surface area contributed by atoms with Crippen LogP contribution in [0.3, 0.4) is 0 Å². The average molecular weight is 570 g/mol. The number of ether oxygens (including phenoxy) is 7. The monoisotopic (exact) mass is 569 g/mol. The molecule has 0 fully saturated rings. The lowest BCUT2D eigenvalue weighted by molar-refractivity contribution is -0.152. The Balaban J connectivity index is 2.87. The molecular weight excluding hydrogens is 526 g/mol. The van der Waals surface area contributed by atoms with Crippen LogP contribution < -0.4 is 15.2 Å². The first-order chi connectivity index (χ1) is 18.7. The number of hydrogen-bond donors (Lipinski definition) is 1. The fourth-order valence-corrected chi connectivity index (χ4v) is 2.74. The van der Waals surface area contributed by atoms with E-state index >= 15 is 0 Å². The molecule has 0 bridgehead atoms. The third-order valence-electron chi connectivity index (χ3n) is 5.86. The highest BCUT2D eigenvalue weighted by Crippen LogP contribution is 2.30. The summed E-state index contributed by atoms with van der Waals surface area (Å²) in [6, 6.07) is 3.23. The Morgan fingerprint density at radius 2 is 1.35 bits per heavy atom. The van der Waals surface area contributed by atoms with Gasteiger partial charge in [0.05, 0.1) is 0 Å². The molecule has 1 rings (SSSR count). The van der Waals surface area contributed by atoms with Crippen molar-refractivity contribution in [3.63, 3.8) is 0 Å². The zero-order chi connectivity index (χ0) is 30.5. The lowest BCUT2D eigenvalue weighted by Crippen LogP contribution is -2.37. The summed E-state index contributed by atoms with van der Waals surface area (Å²) in [6.45, 7) is 13.8. The number of rotatable bonds is 14. The highest BCUT2D eigenvalue weighted by molar-refractivity contribution is 5.76. The van der Waals surface area contributed by atoms with Crippen LogP contribution >= 0.6 is 0 Å². The molecule has 0 aliphatic rings. The molecule has 0 saturated heterocycles. The number of carbonyl (C=O) groups excluding carboxylic acids is 4. The van der Waals surface area contributed by atoms with Crippen LogP contribution in [0.1, 0.15) is 80.2 Å². The quantitative estimate of drug-likeness (QED) is 0.171. The van der Waals surface area contributed by atoms with Gasteiger partial charge in [-0.15, -0.1) is 0 Å². The summed E-state index contributed by atoms with van der Waals surface area (Å²) in [5.41, 5.74) is 5.83. The van der Waals surface area contributed by atoms with Crippen LogP contribution in [0.4, 0.5) is 14.4 Å². The number of esters is 1. The highest BCUT2D eigenvalue weighted by Gasteiger charge is 2.25. The molecule has 12 heteroatoms. The Kier molecular flexibility index (Phi) is 14.3. The molecule has 0 radical (unpaired) electrons. The van der Waals surface area contributed by atoms with Crippen molar-refractivity contribution in [2.45, 2.75) is 111 Å². The van der Waals surface area contributed by atoms with E-state index in [0.29, 0.717) is 24.8 Å². The first kappa shape index (κ1) is 34.5. The van der Waals surface area contributed by atoms with E-state index in [2.05, 4.69) is 0 Å². The van der Waals surface area contributed by atoms with E-state index in [1.165, 1.54) is 12.1 Å². The SMILES string of the molecule is CCC(C)OC(=O)Oc1ccc(C[C@H](N)C(=O)O[C@@H](C)COC(=O)OC(C)(C)CC)cc1OC(=O)OC(C)CC. The van der Waals surface area contributed by atoms with Crippen LogP contribution in [0.5, 0.6) is 11.5 Å². The predicted molar refractivity (Wildman–Crippen MR) is 144 cm³/mol. The Bertz CT molecular complexity index is 994. The smallest absolute Gasteiger partial charge is 0.458 e. The fraction of sp³-hybridized carbons (Fsp3) is 0.643. The van der Waals surface area contributed by atoms with E-state index in [-0.39, 0.29) is 30.6 Å². The van der Waals surface area contributed by atoms with Gasteiger partial charge < -0.3 is 38.9 Å². The Labute approximate surface area is 235 Å². The second-order valence-corrected chi connectivity index (χ2v) is 9.99. The van der Waals surface area contributed by atoms with E-state index in [0.717, 1.165) is 0 Å². The second-order valence-electron chi connectivity index (χ2n) is 9.99. The molecule has 1 aromatic rings. The molecule has 226 valence electrons. The van der Waals surface area contributed by atoms with E-state index in [1.54, 1.807) is 40.7 Å². The molecule has 40 heavy (non-hydrogen) atoms. The normalized spacial score (nSPS) is 14.1. The molecule has 0 aliphatic heterocycles. The first-order valence-electron chi connectivity index (χ1n) is 13.4. The number of benzene rings is 1. The average Bonchev–Trinajstić information content (AvgIpc) is 2.88. The van der Waals surface area contributed by atoms with Crippen molar-refractivity contribution >= 4 is 24.4 Å². The van der Waals surface area contributed by atoms with Crippen LogP contribution in [0.2, 0.25) is 0 Å². The summed E-state index contributed by atoms with van der Waals surface area (Å²) < 4.78 is 36.2. The summed E-state index contributed by atoms with van der Waals surface area (Å²) in [5.74, 6) is -0.949. The minimum atomic E-state index is -1.10. The third-order valence-corrected chi connectivity index (χ3v) is 5.86. The van der Waals surface area contributed by atoms with Crippen molar-refractivity contribution in [1.29, 1.82) is 0 Å². The van der Waals surface area contributed by atoms with Crippen LogP contribution in [-0.4, -0.2) is 61.0 Å². The van der Waals surface area contributed by atoms with Gasteiger partial charge in [0, 0.05) is 0 Å². The summed E-state index contributed by atoms with van der Waals surface area (Å²) in [6.07, 6.45) is -2.65. The van der Waals surface area contributed by atoms with Crippen molar-refractivity contribution in [2.24, 2.45) is 5.73 Å². The maximum Gasteiger partial charge on any atom is 0.514 e. The molecule has 2 N–H and O–H groups in total. The molecule has 0 aromatic heterocycles. The summed E-state index contributed by atoms with van der Waals surface area (Å²) >= 11 is 0. The minimum absolute atomic E-state index is 0.00644. The second kappa shape index (κ2) is 16.5. The zero-order valence-corrected chi connectivity index (χ0v) is 24.6. The van der Waals surface area contributed by atoms with Gasteiger partial charge in [0.2, 0.25) is 0 Å². The zero-order valence-electron chi connectivity index (χ0n) is 24.6. The topological polar surface area (TPSA) is 159 Å². The van der Waals surface area contributed by atoms with E-state index in [1.807, 2.05) is 20.8 Å². The van der Waals surface area contributed by atoms with Gasteiger partial charge in [0.25, 0.3) is 0 Å². The van der Waals surface area contributed by atoms with Crippen molar-refractivity contribution in [3.8, 4) is 11.5 Å². The molecule has 0 aliphatic carbocycles. The Morgan fingerprint density at radius 1 is 0.800 bits per heavy atom. The molecule has 4 atom stereocenters. The van der Waals surface area contributed by atoms with Gasteiger partial charge in [0.15, 0.2) is 11.5 Å². The highest BCUT2D eigenvalue weighted by atomic mass is 16.8. The van der Waals surface area contributed by atoms with Crippen molar-refractivity contribution < 1.29 is 52.3 Å². The van der Waals surface area contributed by atoms with Crippen molar-refractivity contribution in [3.05, 3.63) is 23.8 Å². The molecule has 0 spiro atoms. The first-order valence-corrected chi connectivity index (χ1v) is 13.4. The van der Waals surface area contributed by atoms with Gasteiger partial charge in [0.1, 0.15) is 36.6 Å². The largest absolute Gasteiger partial charge is 0.514 e. The van der Waals surface area contributed by atoms with Gasteiger partial charge in [-0.2, -0.15) is 0 Å². The van der Waals surface area contributed by atoms with Crippen LogP contribution in [0.25, 0.3) is 0 Å². The molecule has 2 unspecified atom stereocenters. The van der Waals surface area contributed by atoms with Crippen LogP contribution in [0, 0.1) is 0 Å². The molecule has 1 aromatic carbocycles. The van der Waals surface area contributed by atoms with E-state index < -0.39 is 48.3 Å². The molecule has 12 nitrogen and oxygen atoms in total. The van der Waals surface area contributed by atoms with Gasteiger partial charge in [-0.1, -0.05) is 26.8 Å². The van der Waals surface area contributed by atoms with E-state index in [4.69, 9.17) is 38.9 Å². The van der Waals surface area contributed by atoms with Crippen LogP contribution in [0.15, 0.2) is 18.2 Å². The maximum absolute atomic E-state index is 12.5. The summed E-state index contributed by atoms with van der Waals surface area (Å²) in [4.78, 5) is 48.8. The number of carbonyl (C=O) groups is 4. The summed E-state index contributed by atoms with van der Waals surface area (Å²) in [7, 11) is 0. The predicted octanol–water partition coefficient (Wildman–Crippen LogP) is 5.46. The number of nitrogens with two attached hydrogens (primary N) is 1. The van der Waals surface area contributed by atoms with Gasteiger partial charge in [-0.25, -0.2) is 14.4 Å². The molecular formula is C28H43NO11.